The van der Waals surface area contributed by atoms with Gasteiger partial charge in [0.05, 0.1) is 13.2 Å². The zero-order valence-electron chi connectivity index (χ0n) is 19.0. The molecule has 2 aromatic carbocycles. The van der Waals surface area contributed by atoms with Crippen LogP contribution in [0.4, 0.5) is 0 Å². The van der Waals surface area contributed by atoms with E-state index in [-0.39, 0.29) is 0 Å². The summed E-state index contributed by atoms with van der Waals surface area (Å²) in [5, 5.41) is 0. The zero-order valence-corrected chi connectivity index (χ0v) is 19.0. The van der Waals surface area contributed by atoms with Crippen LogP contribution in [0.5, 0.6) is 11.5 Å². The van der Waals surface area contributed by atoms with Crippen LogP contribution in [0.3, 0.4) is 0 Å². The minimum absolute atomic E-state index is 0.291. The van der Waals surface area contributed by atoms with Crippen molar-refractivity contribution in [2.75, 3.05) is 26.4 Å². The van der Waals surface area contributed by atoms with Crippen LogP contribution in [0, 0.1) is 0 Å². The van der Waals surface area contributed by atoms with E-state index in [0.29, 0.717) is 37.3 Å². The normalized spacial score (nSPS) is 26.0. The number of hydrogen-bond donors (Lipinski definition) is 0. The van der Waals surface area contributed by atoms with Crippen LogP contribution < -0.4 is 9.47 Å². The van der Waals surface area contributed by atoms with Crippen molar-refractivity contribution in [3.05, 3.63) is 71.3 Å². The van der Waals surface area contributed by atoms with Crippen LogP contribution in [0.1, 0.15) is 61.1 Å². The molecule has 1 aliphatic carbocycles. The number of hydrogen-bond acceptors (Lipinski definition) is 4. The molecule has 0 N–H and O–H groups in total. The van der Waals surface area contributed by atoms with E-state index < -0.39 is 0 Å². The molecule has 2 aliphatic heterocycles. The van der Waals surface area contributed by atoms with Gasteiger partial charge in [-0.2, -0.15) is 0 Å². The first-order valence-corrected chi connectivity index (χ1v) is 12.2. The maximum atomic E-state index is 6.06. The molecule has 4 heteroatoms. The second-order valence-electron chi connectivity index (χ2n) is 9.25. The number of unbranched alkanes of at least 4 members (excludes halogenated alkanes) is 1. The van der Waals surface area contributed by atoms with Gasteiger partial charge in [-0.3, -0.25) is 0 Å². The molecule has 0 bridgehead atoms. The molecule has 170 valence electrons. The molecule has 4 nitrogen and oxygen atoms in total. The predicted molar refractivity (Wildman–Crippen MR) is 126 cm³/mol. The number of ether oxygens (including phenoxy) is 4. The third-order valence-corrected chi connectivity index (χ3v) is 6.65. The summed E-state index contributed by atoms with van der Waals surface area (Å²) in [5.41, 5.74) is 4.11. The number of allylic oxidation sites excluding steroid dienone is 2. The summed E-state index contributed by atoms with van der Waals surface area (Å²) in [6.07, 6.45) is 11.2. The molecule has 32 heavy (non-hydrogen) atoms. The van der Waals surface area contributed by atoms with Crippen LogP contribution in [0.25, 0.3) is 0 Å². The van der Waals surface area contributed by atoms with Gasteiger partial charge in [0.25, 0.3) is 0 Å². The lowest BCUT2D eigenvalue weighted by Gasteiger charge is -2.24. The van der Waals surface area contributed by atoms with Gasteiger partial charge in [0.2, 0.25) is 0 Å². The van der Waals surface area contributed by atoms with Crippen molar-refractivity contribution >= 4 is 0 Å². The molecule has 3 aliphatic rings. The predicted octanol–water partition coefficient (Wildman–Crippen LogP) is 5.80. The molecule has 4 unspecified atom stereocenters. The minimum atomic E-state index is 0.291. The summed E-state index contributed by atoms with van der Waals surface area (Å²) in [6, 6.07) is 15.4. The highest BCUT2D eigenvalue weighted by atomic mass is 16.6. The molecule has 2 saturated heterocycles. The summed E-state index contributed by atoms with van der Waals surface area (Å²) < 4.78 is 22.3. The Labute approximate surface area is 191 Å². The van der Waals surface area contributed by atoms with Crippen molar-refractivity contribution in [1.82, 2.24) is 0 Å². The Bertz CT molecular complexity index is 912. The van der Waals surface area contributed by atoms with Crippen molar-refractivity contribution in [3.8, 4) is 11.5 Å². The molecule has 0 aromatic heterocycles. The van der Waals surface area contributed by atoms with Gasteiger partial charge in [-0.15, -0.1) is 0 Å². The molecule has 0 radical (unpaired) electrons. The van der Waals surface area contributed by atoms with Gasteiger partial charge in [-0.1, -0.05) is 49.8 Å². The average Bonchev–Trinajstić information content (AvgIpc) is 3.76. The molecule has 0 saturated carbocycles. The second-order valence-corrected chi connectivity index (χ2v) is 9.25. The van der Waals surface area contributed by atoms with Crippen molar-refractivity contribution in [1.29, 1.82) is 0 Å². The lowest BCUT2D eigenvalue weighted by Crippen LogP contribution is -2.09. The van der Waals surface area contributed by atoms with Crippen molar-refractivity contribution in [2.24, 2.45) is 0 Å². The summed E-state index contributed by atoms with van der Waals surface area (Å²) in [5.74, 6) is 2.92. The van der Waals surface area contributed by atoms with Gasteiger partial charge in [0.15, 0.2) is 0 Å². The molecule has 2 aromatic rings. The molecular weight excluding hydrogens is 400 g/mol. The summed E-state index contributed by atoms with van der Waals surface area (Å²) >= 11 is 0. The largest absolute Gasteiger partial charge is 0.491 e. The first-order valence-electron chi connectivity index (χ1n) is 12.2. The maximum absolute atomic E-state index is 6.06. The molecule has 4 atom stereocenters. The van der Waals surface area contributed by atoms with Gasteiger partial charge >= 0.3 is 0 Å². The summed E-state index contributed by atoms with van der Waals surface area (Å²) in [6.45, 7) is 5.23. The number of epoxide rings is 2. The van der Waals surface area contributed by atoms with Gasteiger partial charge in [0.1, 0.15) is 36.9 Å². The minimum Gasteiger partial charge on any atom is -0.491 e. The molecule has 0 spiro atoms. The van der Waals surface area contributed by atoms with E-state index in [0.717, 1.165) is 31.1 Å². The van der Waals surface area contributed by atoms with E-state index in [2.05, 4.69) is 61.5 Å². The fourth-order valence-electron chi connectivity index (χ4n) is 4.42. The second kappa shape index (κ2) is 10.1. The average molecular weight is 435 g/mol. The van der Waals surface area contributed by atoms with Crippen LogP contribution in [0.2, 0.25) is 0 Å². The lowest BCUT2D eigenvalue weighted by atomic mass is 9.81. The number of aryl methyl sites for hydroxylation is 1. The lowest BCUT2D eigenvalue weighted by molar-refractivity contribution is 0.261. The maximum Gasteiger partial charge on any atom is 0.122 e. The fraction of sp³-hybridized carbons (Fsp3) is 0.500. The number of rotatable bonds is 11. The SMILES string of the molecule is CCCCc1cc(C2C=CC(c3ccc(OCC4CO4)cc3)CC2)ccc1OCC1CO1. The van der Waals surface area contributed by atoms with Crippen molar-refractivity contribution in [2.45, 2.75) is 63.1 Å². The summed E-state index contributed by atoms with van der Waals surface area (Å²) in [4.78, 5) is 0. The monoisotopic (exact) mass is 434 g/mol. The van der Waals surface area contributed by atoms with E-state index in [9.17, 15) is 0 Å². The highest BCUT2D eigenvalue weighted by Crippen LogP contribution is 2.37. The highest BCUT2D eigenvalue weighted by molar-refractivity contribution is 5.41. The van der Waals surface area contributed by atoms with E-state index in [4.69, 9.17) is 18.9 Å². The van der Waals surface area contributed by atoms with Crippen molar-refractivity contribution < 1.29 is 18.9 Å². The quantitative estimate of drug-likeness (QED) is 0.331. The van der Waals surface area contributed by atoms with Gasteiger partial charge in [0, 0.05) is 11.8 Å². The van der Waals surface area contributed by atoms with Crippen molar-refractivity contribution in [3.63, 3.8) is 0 Å². The van der Waals surface area contributed by atoms with Gasteiger partial charge in [-0.25, -0.2) is 0 Å². The standard InChI is InChI=1S/C28H34O4/c1-2-3-4-24-15-23(11-14-28(24)32-19-27-18-31-27)22-7-5-20(6-8-22)21-9-12-25(13-10-21)29-16-26-17-30-26/h5,7,9-15,20,22,26-27H,2-4,6,8,16-19H2,1H3. The molecular formula is C28H34O4. The van der Waals surface area contributed by atoms with Crippen LogP contribution in [-0.4, -0.2) is 38.6 Å². The third-order valence-electron chi connectivity index (χ3n) is 6.65. The topological polar surface area (TPSA) is 43.5 Å². The third kappa shape index (κ3) is 5.73. The van der Waals surface area contributed by atoms with E-state index in [1.54, 1.807) is 0 Å². The Hall–Kier alpha value is -2.30. The first kappa shape index (κ1) is 21.5. The Morgan fingerprint density at radius 1 is 0.812 bits per heavy atom. The van der Waals surface area contributed by atoms with Gasteiger partial charge < -0.3 is 18.9 Å². The number of benzene rings is 2. The first-order chi connectivity index (χ1) is 15.8. The Morgan fingerprint density at radius 2 is 1.44 bits per heavy atom. The Balaban J connectivity index is 1.22. The molecule has 2 heterocycles. The molecule has 2 fully saturated rings. The zero-order chi connectivity index (χ0) is 21.8. The summed E-state index contributed by atoms with van der Waals surface area (Å²) in [7, 11) is 0. The van der Waals surface area contributed by atoms with Crippen LogP contribution in [0.15, 0.2) is 54.6 Å². The van der Waals surface area contributed by atoms with Crippen LogP contribution >= 0.6 is 0 Å². The molecule has 5 rings (SSSR count). The van der Waals surface area contributed by atoms with Gasteiger partial charge in [-0.05, 0) is 60.6 Å². The van der Waals surface area contributed by atoms with E-state index in [1.807, 2.05) is 0 Å². The fourth-order valence-corrected chi connectivity index (χ4v) is 4.42. The molecule has 0 amide bonds. The van der Waals surface area contributed by atoms with E-state index in [1.165, 1.54) is 42.4 Å². The Kier molecular flexibility index (Phi) is 6.80. The smallest absolute Gasteiger partial charge is 0.122 e. The Morgan fingerprint density at radius 3 is 2.06 bits per heavy atom. The highest BCUT2D eigenvalue weighted by Gasteiger charge is 2.25. The van der Waals surface area contributed by atoms with Crippen LogP contribution in [-0.2, 0) is 15.9 Å². The van der Waals surface area contributed by atoms with E-state index >= 15 is 0 Å².